The minimum atomic E-state index is -1.63. The van der Waals surface area contributed by atoms with Crippen LogP contribution in [0.5, 0.6) is 17.2 Å². The van der Waals surface area contributed by atoms with Crippen molar-refractivity contribution in [3.05, 3.63) is 47.5 Å². The van der Waals surface area contributed by atoms with Gasteiger partial charge in [0.2, 0.25) is 11.2 Å². The molecule has 1 fully saturated rings. The number of hydrogen-bond donors (Lipinski definition) is 4. The summed E-state index contributed by atoms with van der Waals surface area (Å²) >= 11 is -1.63. The number of likely N-dealkylation sites (tertiary alicyclic amines) is 1. The van der Waals surface area contributed by atoms with Crippen molar-refractivity contribution in [1.82, 2.24) is 4.90 Å². The summed E-state index contributed by atoms with van der Waals surface area (Å²) in [5.74, 6) is -0.0141. The normalized spacial score (nSPS) is 20.7. The molecule has 2 aliphatic heterocycles. The van der Waals surface area contributed by atoms with Crippen molar-refractivity contribution in [3.8, 4) is 17.2 Å². The van der Waals surface area contributed by atoms with Crippen LogP contribution in [0, 0.1) is 0 Å². The van der Waals surface area contributed by atoms with Crippen LogP contribution in [0.15, 0.2) is 40.8 Å². The summed E-state index contributed by atoms with van der Waals surface area (Å²) in [6.07, 6.45) is 2.53. The van der Waals surface area contributed by atoms with E-state index >= 15 is 0 Å². The van der Waals surface area contributed by atoms with Crippen molar-refractivity contribution in [2.24, 2.45) is 10.1 Å². The number of anilines is 1. The van der Waals surface area contributed by atoms with Gasteiger partial charge in [0.15, 0.2) is 0 Å². The van der Waals surface area contributed by atoms with Gasteiger partial charge in [0.25, 0.3) is 5.91 Å². The minimum absolute atomic E-state index is 0.0575. The lowest BCUT2D eigenvalue weighted by molar-refractivity contribution is 0.0525. The van der Waals surface area contributed by atoms with Gasteiger partial charge < -0.3 is 25.6 Å². The van der Waals surface area contributed by atoms with Gasteiger partial charge >= 0.3 is 0 Å². The molecule has 0 spiro atoms. The highest BCUT2D eigenvalue weighted by atomic mass is 32.2. The monoisotopic (exact) mass is 430 g/mol. The number of fused-ring (bicyclic) bond motifs is 1. The summed E-state index contributed by atoms with van der Waals surface area (Å²) in [7, 11) is 0. The van der Waals surface area contributed by atoms with Gasteiger partial charge in [-0.3, -0.25) is 9.52 Å². The quantitative estimate of drug-likeness (QED) is 0.547. The summed E-state index contributed by atoms with van der Waals surface area (Å²) in [4.78, 5) is 14.7. The maximum absolute atomic E-state index is 13.0. The van der Waals surface area contributed by atoms with Crippen LogP contribution in [0.3, 0.4) is 0 Å². The van der Waals surface area contributed by atoms with E-state index in [-0.39, 0.29) is 41.5 Å². The molecule has 5 N–H and O–H groups in total. The maximum Gasteiger partial charge on any atom is 0.258 e. The number of piperidine rings is 1. The second kappa shape index (κ2) is 8.23. The van der Waals surface area contributed by atoms with Gasteiger partial charge in [-0.25, -0.2) is 4.21 Å². The Hall–Kier alpha value is -3.27. The van der Waals surface area contributed by atoms with Crippen LogP contribution >= 0.6 is 0 Å². The number of ether oxygens (including phenoxy) is 1. The molecule has 0 aliphatic carbocycles. The van der Waals surface area contributed by atoms with Crippen molar-refractivity contribution in [2.45, 2.75) is 25.3 Å². The van der Waals surface area contributed by atoms with E-state index in [1.807, 2.05) is 0 Å². The van der Waals surface area contributed by atoms with E-state index in [0.29, 0.717) is 23.5 Å². The van der Waals surface area contributed by atoms with E-state index in [4.69, 9.17) is 10.5 Å². The fourth-order valence-electron chi connectivity index (χ4n) is 3.73. The van der Waals surface area contributed by atoms with Crippen molar-refractivity contribution >= 4 is 28.6 Å². The molecule has 0 bridgehead atoms. The fraction of sp³-hybridized carbons (Fsp3) is 0.300. The van der Waals surface area contributed by atoms with Gasteiger partial charge in [-0.05, 0) is 49.6 Å². The zero-order valence-electron chi connectivity index (χ0n) is 16.1. The number of phenols is 2. The van der Waals surface area contributed by atoms with Crippen molar-refractivity contribution < 1.29 is 24.0 Å². The highest BCUT2D eigenvalue weighted by Crippen LogP contribution is 2.31. The SMILES string of the molecule is NC1=NS(=O)Nc2cccc(OCC3CCCCN3C(=O)c3cc(O)ccc3O)c21. The lowest BCUT2D eigenvalue weighted by Crippen LogP contribution is -2.46. The summed E-state index contributed by atoms with van der Waals surface area (Å²) in [5.41, 5.74) is 7.11. The Morgan fingerprint density at radius 2 is 2.13 bits per heavy atom. The van der Waals surface area contributed by atoms with Gasteiger partial charge in [-0.2, -0.15) is 4.40 Å². The van der Waals surface area contributed by atoms with Crippen LogP contribution < -0.4 is 15.2 Å². The number of nitrogens with one attached hydrogen (secondary N) is 1. The van der Waals surface area contributed by atoms with Crippen LogP contribution in [0.25, 0.3) is 0 Å². The Balaban J connectivity index is 1.54. The molecular weight excluding hydrogens is 408 g/mol. The van der Waals surface area contributed by atoms with E-state index in [0.717, 1.165) is 19.3 Å². The number of hydrogen-bond acceptors (Lipinski definition) is 6. The smallest absolute Gasteiger partial charge is 0.258 e. The average Bonchev–Trinajstić information content (AvgIpc) is 2.73. The van der Waals surface area contributed by atoms with E-state index in [1.165, 1.54) is 18.2 Å². The second-order valence-corrected chi connectivity index (χ2v) is 8.05. The van der Waals surface area contributed by atoms with Crippen molar-refractivity contribution in [1.29, 1.82) is 0 Å². The molecule has 30 heavy (non-hydrogen) atoms. The standard InChI is InChI=1S/C20H22N4O5S/c21-19-18-15(22-30(28)23-19)5-3-6-17(18)29-11-12-4-1-2-9-24(12)20(27)14-10-13(25)7-8-16(14)26/h3,5-8,10,12,22,25-26H,1-2,4,9,11H2,(H2,21,23). The molecule has 0 radical (unpaired) electrons. The van der Waals surface area contributed by atoms with E-state index < -0.39 is 11.2 Å². The molecule has 2 aliphatic rings. The molecule has 0 saturated carbocycles. The molecule has 0 aromatic heterocycles. The topological polar surface area (TPSA) is 137 Å². The van der Waals surface area contributed by atoms with Crippen LogP contribution in [0.1, 0.15) is 35.2 Å². The predicted molar refractivity (Wildman–Crippen MR) is 113 cm³/mol. The molecule has 10 heteroatoms. The Morgan fingerprint density at radius 1 is 1.30 bits per heavy atom. The van der Waals surface area contributed by atoms with Gasteiger partial charge in [-0.1, -0.05) is 6.07 Å². The number of aromatic hydroxyl groups is 2. The van der Waals surface area contributed by atoms with Gasteiger partial charge in [-0.15, -0.1) is 0 Å². The van der Waals surface area contributed by atoms with E-state index in [9.17, 15) is 19.2 Å². The van der Waals surface area contributed by atoms with Gasteiger partial charge in [0, 0.05) is 6.54 Å². The Labute approximate surface area is 175 Å². The first-order chi connectivity index (χ1) is 14.4. The van der Waals surface area contributed by atoms with Crippen molar-refractivity contribution in [3.63, 3.8) is 0 Å². The first kappa shape index (κ1) is 20.0. The number of carbonyl (C=O) groups excluding carboxylic acids is 1. The van der Waals surface area contributed by atoms with Gasteiger partial charge in [0.1, 0.15) is 29.7 Å². The molecule has 1 amide bonds. The Bertz CT molecular complexity index is 1040. The van der Waals surface area contributed by atoms with E-state index in [1.54, 1.807) is 23.1 Å². The number of nitrogens with zero attached hydrogens (tertiary/aromatic N) is 2. The molecule has 4 rings (SSSR count). The van der Waals surface area contributed by atoms with Gasteiger partial charge in [0.05, 0.1) is 22.9 Å². The Morgan fingerprint density at radius 3 is 2.97 bits per heavy atom. The van der Waals surface area contributed by atoms with E-state index in [2.05, 4.69) is 9.12 Å². The highest BCUT2D eigenvalue weighted by Gasteiger charge is 2.30. The molecule has 158 valence electrons. The van der Waals surface area contributed by atoms with Crippen LogP contribution in [0.2, 0.25) is 0 Å². The fourth-order valence-corrected chi connectivity index (χ4v) is 4.40. The molecule has 9 nitrogen and oxygen atoms in total. The zero-order valence-corrected chi connectivity index (χ0v) is 16.9. The number of nitrogens with two attached hydrogens (primary N) is 1. The first-order valence-corrected chi connectivity index (χ1v) is 10.7. The molecular formula is C20H22N4O5S. The zero-order chi connectivity index (χ0) is 21.3. The van der Waals surface area contributed by atoms with Crippen LogP contribution in [-0.4, -0.2) is 50.3 Å². The lowest BCUT2D eigenvalue weighted by Gasteiger charge is -2.36. The second-order valence-electron chi connectivity index (χ2n) is 7.17. The lowest BCUT2D eigenvalue weighted by atomic mass is 10.0. The number of carbonyl (C=O) groups is 1. The third-order valence-corrected chi connectivity index (χ3v) is 5.95. The van der Waals surface area contributed by atoms with Crippen molar-refractivity contribution in [2.75, 3.05) is 17.9 Å². The number of rotatable bonds is 4. The van der Waals surface area contributed by atoms with Crippen LogP contribution in [0.4, 0.5) is 5.69 Å². The molecule has 1 saturated heterocycles. The number of amides is 1. The molecule has 2 heterocycles. The predicted octanol–water partition coefficient (Wildman–Crippen LogP) is 1.88. The first-order valence-electron chi connectivity index (χ1n) is 9.56. The largest absolute Gasteiger partial charge is 0.508 e. The number of amidine groups is 1. The number of benzene rings is 2. The summed E-state index contributed by atoms with van der Waals surface area (Å²) in [5, 5.41) is 19.8. The Kier molecular flexibility index (Phi) is 5.49. The summed E-state index contributed by atoms with van der Waals surface area (Å²) in [6.45, 7) is 0.747. The summed E-state index contributed by atoms with van der Waals surface area (Å²) < 4.78 is 24.3. The minimum Gasteiger partial charge on any atom is -0.508 e. The molecule has 2 aromatic rings. The molecule has 2 unspecified atom stereocenters. The third kappa shape index (κ3) is 3.90. The highest BCUT2D eigenvalue weighted by molar-refractivity contribution is 7.85. The molecule has 2 atom stereocenters. The number of phenolic OH excluding ortho intramolecular Hbond substituents is 2. The molecule has 2 aromatic carbocycles. The maximum atomic E-state index is 13.0. The average molecular weight is 430 g/mol. The third-order valence-electron chi connectivity index (χ3n) is 5.19. The van der Waals surface area contributed by atoms with Crippen LogP contribution in [-0.2, 0) is 11.2 Å². The summed E-state index contributed by atoms with van der Waals surface area (Å²) in [6, 6.07) is 8.91.